The third kappa shape index (κ3) is 11.9. The summed E-state index contributed by atoms with van der Waals surface area (Å²) >= 11 is 0. The number of carbonyl (C=O) groups excluding carboxylic acids is 3. The van der Waals surface area contributed by atoms with Gasteiger partial charge in [0.2, 0.25) is 11.8 Å². The number of carbonyl (C=O) groups is 3. The molecule has 8 nitrogen and oxygen atoms in total. The van der Waals surface area contributed by atoms with Gasteiger partial charge >= 0.3 is 6.09 Å². The van der Waals surface area contributed by atoms with E-state index in [2.05, 4.69) is 17.6 Å². The Morgan fingerprint density at radius 3 is 2.27 bits per heavy atom. The molecular weight excluding hydrogens is 554 g/mol. The minimum absolute atomic E-state index is 0.0256. The molecule has 0 aliphatic heterocycles. The molecule has 8 heteroatoms. The van der Waals surface area contributed by atoms with Gasteiger partial charge in [-0.15, -0.1) is 0 Å². The number of phenolic OH excluding ortho intramolecular Hbond substituents is 1. The number of phenols is 1. The van der Waals surface area contributed by atoms with Crippen LogP contribution in [-0.4, -0.2) is 52.1 Å². The van der Waals surface area contributed by atoms with Crippen LogP contribution in [0.15, 0.2) is 54.6 Å². The molecule has 2 aromatic rings. The summed E-state index contributed by atoms with van der Waals surface area (Å²) in [5.41, 5.74) is 0.669. The Morgan fingerprint density at radius 1 is 0.932 bits per heavy atom. The molecule has 0 spiro atoms. The maximum absolute atomic E-state index is 14.6. The molecule has 3 N–H and O–H groups in total. The topological polar surface area (TPSA) is 108 Å². The lowest BCUT2D eigenvalue weighted by molar-refractivity contribution is -0.143. The van der Waals surface area contributed by atoms with Crippen LogP contribution in [0.2, 0.25) is 0 Å². The third-order valence-electron chi connectivity index (χ3n) is 8.00. The number of amides is 3. The van der Waals surface area contributed by atoms with Crippen molar-refractivity contribution in [2.75, 3.05) is 6.54 Å². The fourth-order valence-electron chi connectivity index (χ4n) is 5.82. The van der Waals surface area contributed by atoms with E-state index in [0.29, 0.717) is 18.5 Å². The molecule has 3 amide bonds. The van der Waals surface area contributed by atoms with Crippen molar-refractivity contribution in [1.82, 2.24) is 15.5 Å². The fraction of sp³-hybridized carbons (Fsp3) is 0.583. The van der Waals surface area contributed by atoms with Crippen molar-refractivity contribution in [3.63, 3.8) is 0 Å². The normalized spacial score (nSPS) is 15.2. The fourth-order valence-corrected chi connectivity index (χ4v) is 5.82. The molecule has 0 radical (unpaired) electrons. The highest BCUT2D eigenvalue weighted by atomic mass is 16.6. The van der Waals surface area contributed by atoms with Gasteiger partial charge in [-0.25, -0.2) is 4.79 Å². The number of aromatic hydroxyl groups is 1. The zero-order valence-corrected chi connectivity index (χ0v) is 27.1. The summed E-state index contributed by atoms with van der Waals surface area (Å²) < 4.78 is 5.55. The van der Waals surface area contributed by atoms with Gasteiger partial charge in [-0.3, -0.25) is 9.59 Å². The van der Waals surface area contributed by atoms with E-state index in [1.807, 2.05) is 30.3 Å². The second kappa shape index (κ2) is 17.7. The number of unbranched alkanes of at least 4 members (excludes halogenated alkanes) is 5. The molecule has 2 aromatic carbocycles. The monoisotopic (exact) mass is 607 g/mol. The van der Waals surface area contributed by atoms with E-state index in [9.17, 15) is 19.5 Å². The third-order valence-corrected chi connectivity index (χ3v) is 8.00. The molecule has 3 rings (SSSR count). The van der Waals surface area contributed by atoms with Gasteiger partial charge in [0.1, 0.15) is 23.4 Å². The molecule has 44 heavy (non-hydrogen) atoms. The lowest BCUT2D eigenvalue weighted by atomic mass is 9.94. The maximum Gasteiger partial charge on any atom is 0.408 e. The molecule has 2 atom stereocenters. The van der Waals surface area contributed by atoms with Gasteiger partial charge in [0.05, 0.1) is 0 Å². The average molecular weight is 608 g/mol. The van der Waals surface area contributed by atoms with Crippen LogP contribution >= 0.6 is 0 Å². The van der Waals surface area contributed by atoms with Crippen LogP contribution in [0, 0.1) is 0 Å². The molecule has 242 valence electrons. The van der Waals surface area contributed by atoms with Gasteiger partial charge < -0.3 is 25.4 Å². The Kier molecular flexibility index (Phi) is 14.0. The van der Waals surface area contributed by atoms with Crippen molar-refractivity contribution < 1.29 is 24.2 Å². The first-order chi connectivity index (χ1) is 21.1. The smallest absolute Gasteiger partial charge is 0.408 e. The molecular formula is C36H53N3O5. The molecule has 0 bridgehead atoms. The van der Waals surface area contributed by atoms with Crippen LogP contribution in [0.4, 0.5) is 4.79 Å². The van der Waals surface area contributed by atoms with Crippen molar-refractivity contribution >= 4 is 17.9 Å². The van der Waals surface area contributed by atoms with E-state index < -0.39 is 23.8 Å². The zero-order chi connectivity index (χ0) is 32.0. The summed E-state index contributed by atoms with van der Waals surface area (Å²) in [6.07, 6.45) is 10.7. The van der Waals surface area contributed by atoms with E-state index >= 15 is 0 Å². The van der Waals surface area contributed by atoms with Crippen LogP contribution in [0.1, 0.15) is 115 Å². The second-order valence-electron chi connectivity index (χ2n) is 13.0. The first kappa shape index (κ1) is 34.9. The Morgan fingerprint density at radius 2 is 1.61 bits per heavy atom. The van der Waals surface area contributed by atoms with Crippen molar-refractivity contribution in [3.8, 4) is 5.75 Å². The number of ether oxygens (including phenoxy) is 1. The first-order valence-corrected chi connectivity index (χ1v) is 16.5. The van der Waals surface area contributed by atoms with Crippen LogP contribution < -0.4 is 10.6 Å². The number of nitrogens with zero attached hydrogens (tertiary/aromatic N) is 1. The van der Waals surface area contributed by atoms with Gasteiger partial charge in [0, 0.05) is 19.0 Å². The Hall–Kier alpha value is -3.55. The SMILES string of the molecule is CCCCCCCCN(C(=O)C(Cc1ccccc1)NC(=O)OC(C)(C)C)C(C(=O)NC1CCCCC1)c1cccc(O)c1. The lowest BCUT2D eigenvalue weighted by Crippen LogP contribution is -2.54. The predicted octanol–water partition coefficient (Wildman–Crippen LogP) is 7.21. The standard InChI is InChI=1S/C36H53N3O5/c1-5-6-7-8-9-16-24-39(32(28-20-17-23-30(40)26-28)33(41)37-29-21-14-11-15-22-29)34(42)31(25-27-18-12-10-13-19-27)38-35(43)44-36(2,3)4/h10,12-13,17-20,23,26,29,31-32,40H,5-9,11,14-16,21-22,24-25H2,1-4H3,(H,37,41)(H,38,43). The van der Waals surface area contributed by atoms with E-state index in [1.165, 1.54) is 0 Å². The van der Waals surface area contributed by atoms with E-state index in [1.54, 1.807) is 49.9 Å². The second-order valence-corrected chi connectivity index (χ2v) is 13.0. The van der Waals surface area contributed by atoms with E-state index in [0.717, 1.165) is 69.8 Å². The number of benzene rings is 2. The van der Waals surface area contributed by atoms with E-state index in [4.69, 9.17) is 4.74 Å². The Balaban J connectivity index is 1.99. The summed E-state index contributed by atoms with van der Waals surface area (Å²) in [4.78, 5) is 43.4. The van der Waals surface area contributed by atoms with Crippen LogP contribution in [-0.2, 0) is 20.7 Å². The zero-order valence-electron chi connectivity index (χ0n) is 27.1. The van der Waals surface area contributed by atoms with Gasteiger partial charge in [-0.2, -0.15) is 0 Å². The van der Waals surface area contributed by atoms with Gasteiger partial charge in [-0.05, 0) is 63.3 Å². The van der Waals surface area contributed by atoms with Crippen molar-refractivity contribution in [2.24, 2.45) is 0 Å². The molecule has 2 unspecified atom stereocenters. The average Bonchev–Trinajstić information content (AvgIpc) is 2.97. The molecule has 1 aliphatic carbocycles. The maximum atomic E-state index is 14.6. The highest BCUT2D eigenvalue weighted by Gasteiger charge is 2.37. The quantitative estimate of drug-likeness (QED) is 0.186. The highest BCUT2D eigenvalue weighted by Crippen LogP contribution is 2.28. The number of nitrogens with one attached hydrogen (secondary N) is 2. The molecule has 1 fully saturated rings. The molecule has 1 saturated carbocycles. The minimum atomic E-state index is -0.967. The summed E-state index contributed by atoms with van der Waals surface area (Å²) in [5.74, 6) is -0.601. The highest BCUT2D eigenvalue weighted by molar-refractivity contribution is 5.92. The van der Waals surface area contributed by atoms with Crippen molar-refractivity contribution in [2.45, 2.75) is 128 Å². The minimum Gasteiger partial charge on any atom is -0.508 e. The molecule has 1 aliphatic rings. The predicted molar refractivity (Wildman–Crippen MR) is 174 cm³/mol. The van der Waals surface area contributed by atoms with Gasteiger partial charge in [0.15, 0.2) is 0 Å². The van der Waals surface area contributed by atoms with Crippen molar-refractivity contribution in [3.05, 3.63) is 65.7 Å². The molecule has 0 heterocycles. The summed E-state index contributed by atoms with van der Waals surface area (Å²) in [6.45, 7) is 7.84. The van der Waals surface area contributed by atoms with Crippen LogP contribution in [0.3, 0.4) is 0 Å². The van der Waals surface area contributed by atoms with Crippen molar-refractivity contribution in [1.29, 1.82) is 0 Å². The summed E-state index contributed by atoms with van der Waals surface area (Å²) in [5, 5.41) is 16.5. The number of alkyl carbamates (subject to hydrolysis) is 1. The first-order valence-electron chi connectivity index (χ1n) is 16.5. The summed E-state index contributed by atoms with van der Waals surface area (Å²) in [7, 11) is 0. The van der Waals surface area contributed by atoms with E-state index in [-0.39, 0.29) is 30.0 Å². The molecule has 0 saturated heterocycles. The number of hydrogen-bond donors (Lipinski definition) is 3. The lowest BCUT2D eigenvalue weighted by Gasteiger charge is -2.36. The molecule has 0 aromatic heterocycles. The number of hydrogen-bond acceptors (Lipinski definition) is 5. The number of rotatable bonds is 15. The summed E-state index contributed by atoms with van der Waals surface area (Å²) in [6, 6.07) is 14.2. The Labute approximate surface area is 263 Å². The van der Waals surface area contributed by atoms with Gasteiger partial charge in [-0.1, -0.05) is 101 Å². The van der Waals surface area contributed by atoms with Crippen LogP contribution in [0.25, 0.3) is 0 Å². The van der Waals surface area contributed by atoms with Gasteiger partial charge in [0.25, 0.3) is 0 Å². The van der Waals surface area contributed by atoms with Crippen LogP contribution in [0.5, 0.6) is 5.75 Å². The Bertz CT molecular complexity index is 1170. The largest absolute Gasteiger partial charge is 0.508 e.